The second kappa shape index (κ2) is 3.84. The molecule has 1 N–H and O–H groups in total. The van der Waals surface area contributed by atoms with Gasteiger partial charge in [0.15, 0.2) is 0 Å². The predicted octanol–water partition coefficient (Wildman–Crippen LogP) is 3.12. The van der Waals surface area contributed by atoms with Gasteiger partial charge in [0.2, 0.25) is 0 Å². The van der Waals surface area contributed by atoms with E-state index in [2.05, 4.69) is 41.2 Å². The molecule has 0 saturated heterocycles. The van der Waals surface area contributed by atoms with E-state index < -0.39 is 0 Å². The molecule has 0 radical (unpaired) electrons. The molecule has 2 nitrogen and oxygen atoms in total. The summed E-state index contributed by atoms with van der Waals surface area (Å²) in [6.07, 6.45) is 1.88. The Kier molecular flexibility index (Phi) is 2.55. The van der Waals surface area contributed by atoms with E-state index in [1.807, 2.05) is 6.20 Å². The molecule has 0 unspecified atom stereocenters. The van der Waals surface area contributed by atoms with Crippen molar-refractivity contribution in [2.45, 2.75) is 12.8 Å². The number of halogens is 1. The number of alkyl halides is 1. The quantitative estimate of drug-likeness (QED) is 0.752. The Bertz CT molecular complexity index is 417. The summed E-state index contributed by atoms with van der Waals surface area (Å²) in [5.74, 6) is 1.23. The molecule has 3 heteroatoms. The molecule has 0 fully saturated rings. The first-order valence-electron chi connectivity index (χ1n) is 4.47. The van der Waals surface area contributed by atoms with Gasteiger partial charge in [-0.2, -0.15) is 0 Å². The van der Waals surface area contributed by atoms with Gasteiger partial charge >= 0.3 is 0 Å². The van der Waals surface area contributed by atoms with E-state index in [0.717, 1.165) is 17.1 Å². The SMILES string of the molecule is Cc1ccc(-c2c[nH]c(CCl)n2)cc1. The lowest BCUT2D eigenvalue weighted by Gasteiger charge is -1.96. The van der Waals surface area contributed by atoms with E-state index in [9.17, 15) is 0 Å². The molecule has 0 aliphatic rings. The summed E-state index contributed by atoms with van der Waals surface area (Å²) >= 11 is 5.66. The number of hydrogen-bond donors (Lipinski definition) is 1. The maximum atomic E-state index is 5.66. The molecule has 2 aromatic rings. The van der Waals surface area contributed by atoms with Crippen LogP contribution >= 0.6 is 11.6 Å². The number of nitrogens with zero attached hydrogens (tertiary/aromatic N) is 1. The topological polar surface area (TPSA) is 28.7 Å². The molecule has 1 heterocycles. The Hall–Kier alpha value is -1.28. The number of aryl methyl sites for hydroxylation is 1. The Morgan fingerprint density at radius 1 is 1.29 bits per heavy atom. The van der Waals surface area contributed by atoms with Crippen molar-refractivity contribution in [3.8, 4) is 11.3 Å². The monoisotopic (exact) mass is 206 g/mol. The van der Waals surface area contributed by atoms with Crippen molar-refractivity contribution in [1.82, 2.24) is 9.97 Å². The lowest BCUT2D eigenvalue weighted by molar-refractivity contribution is 1.12. The third-order valence-corrected chi connectivity index (χ3v) is 2.36. The number of H-pyrrole nitrogens is 1. The lowest BCUT2D eigenvalue weighted by atomic mass is 10.1. The molecule has 0 aliphatic carbocycles. The molecule has 14 heavy (non-hydrogen) atoms. The van der Waals surface area contributed by atoms with Crippen LogP contribution < -0.4 is 0 Å². The minimum atomic E-state index is 0.422. The third-order valence-electron chi connectivity index (χ3n) is 2.10. The fourth-order valence-corrected chi connectivity index (χ4v) is 1.44. The highest BCUT2D eigenvalue weighted by Crippen LogP contribution is 2.17. The first-order valence-corrected chi connectivity index (χ1v) is 5.00. The van der Waals surface area contributed by atoms with Crippen LogP contribution in [0, 0.1) is 6.92 Å². The Labute approximate surface area is 88.0 Å². The maximum Gasteiger partial charge on any atom is 0.121 e. The molecule has 0 spiro atoms. The highest BCUT2D eigenvalue weighted by molar-refractivity contribution is 6.16. The highest BCUT2D eigenvalue weighted by atomic mass is 35.5. The van der Waals surface area contributed by atoms with Crippen LogP contribution in [0.4, 0.5) is 0 Å². The summed E-state index contributed by atoms with van der Waals surface area (Å²) < 4.78 is 0. The Balaban J connectivity index is 2.34. The van der Waals surface area contributed by atoms with E-state index in [4.69, 9.17) is 11.6 Å². The van der Waals surface area contributed by atoms with Gasteiger partial charge in [0.1, 0.15) is 5.82 Å². The first kappa shape index (κ1) is 9.28. The van der Waals surface area contributed by atoms with E-state index in [-0.39, 0.29) is 0 Å². The molecular weight excluding hydrogens is 196 g/mol. The van der Waals surface area contributed by atoms with Gasteiger partial charge in [-0.15, -0.1) is 11.6 Å². The summed E-state index contributed by atoms with van der Waals surface area (Å²) in [6.45, 7) is 2.07. The smallest absolute Gasteiger partial charge is 0.121 e. The minimum Gasteiger partial charge on any atom is -0.347 e. The van der Waals surface area contributed by atoms with Crippen LogP contribution in [0.3, 0.4) is 0 Å². The number of imidazole rings is 1. The molecule has 2 rings (SSSR count). The zero-order valence-electron chi connectivity index (χ0n) is 7.92. The maximum absolute atomic E-state index is 5.66. The zero-order valence-corrected chi connectivity index (χ0v) is 8.67. The van der Waals surface area contributed by atoms with E-state index in [1.54, 1.807) is 0 Å². The van der Waals surface area contributed by atoms with Gasteiger partial charge in [0.25, 0.3) is 0 Å². The normalized spacial score (nSPS) is 10.4. The molecule has 1 aromatic heterocycles. The van der Waals surface area contributed by atoms with Gasteiger partial charge in [0, 0.05) is 11.8 Å². The molecule has 0 amide bonds. The van der Waals surface area contributed by atoms with Crippen LogP contribution in [-0.4, -0.2) is 9.97 Å². The van der Waals surface area contributed by atoms with Crippen LogP contribution in [-0.2, 0) is 5.88 Å². The predicted molar refractivity (Wildman–Crippen MR) is 58.3 cm³/mol. The Morgan fingerprint density at radius 2 is 2.00 bits per heavy atom. The molecule has 0 bridgehead atoms. The minimum absolute atomic E-state index is 0.422. The van der Waals surface area contributed by atoms with Crippen molar-refractivity contribution in [2.24, 2.45) is 0 Å². The molecular formula is C11H11ClN2. The second-order valence-corrected chi connectivity index (χ2v) is 3.50. The molecule has 1 aromatic carbocycles. The fourth-order valence-electron chi connectivity index (χ4n) is 1.30. The van der Waals surface area contributed by atoms with Gasteiger partial charge < -0.3 is 4.98 Å². The van der Waals surface area contributed by atoms with Gasteiger partial charge in [0.05, 0.1) is 11.6 Å². The second-order valence-electron chi connectivity index (χ2n) is 3.23. The van der Waals surface area contributed by atoms with Crippen LogP contribution in [0.1, 0.15) is 11.4 Å². The highest BCUT2D eigenvalue weighted by Gasteiger charge is 2.01. The van der Waals surface area contributed by atoms with Crippen LogP contribution in [0.5, 0.6) is 0 Å². The summed E-state index contributed by atoms with van der Waals surface area (Å²) in [5.41, 5.74) is 3.31. The number of nitrogens with one attached hydrogen (secondary N) is 1. The summed E-state index contributed by atoms with van der Waals surface area (Å²) in [4.78, 5) is 7.37. The fraction of sp³-hybridized carbons (Fsp3) is 0.182. The van der Waals surface area contributed by atoms with E-state index in [1.165, 1.54) is 5.56 Å². The van der Waals surface area contributed by atoms with E-state index >= 15 is 0 Å². The molecule has 0 aliphatic heterocycles. The zero-order chi connectivity index (χ0) is 9.97. The van der Waals surface area contributed by atoms with Crippen molar-refractivity contribution < 1.29 is 0 Å². The lowest BCUT2D eigenvalue weighted by Crippen LogP contribution is -1.81. The Morgan fingerprint density at radius 3 is 2.57 bits per heavy atom. The number of aromatic nitrogens is 2. The van der Waals surface area contributed by atoms with Crippen LogP contribution in [0.15, 0.2) is 30.5 Å². The van der Waals surface area contributed by atoms with Crippen molar-refractivity contribution in [3.63, 3.8) is 0 Å². The number of rotatable bonds is 2. The van der Waals surface area contributed by atoms with Crippen LogP contribution in [0.2, 0.25) is 0 Å². The number of hydrogen-bond acceptors (Lipinski definition) is 1. The van der Waals surface area contributed by atoms with Crippen molar-refractivity contribution in [1.29, 1.82) is 0 Å². The van der Waals surface area contributed by atoms with Gasteiger partial charge in [-0.25, -0.2) is 4.98 Å². The van der Waals surface area contributed by atoms with Crippen LogP contribution in [0.25, 0.3) is 11.3 Å². The van der Waals surface area contributed by atoms with Crippen molar-refractivity contribution in [3.05, 3.63) is 41.9 Å². The third kappa shape index (κ3) is 1.80. The summed E-state index contributed by atoms with van der Waals surface area (Å²) in [7, 11) is 0. The standard InChI is InChI=1S/C11H11ClN2/c1-8-2-4-9(5-3-8)10-7-13-11(6-12)14-10/h2-5,7H,6H2,1H3,(H,13,14). The average Bonchev–Trinajstić information content (AvgIpc) is 2.67. The van der Waals surface area contributed by atoms with Gasteiger partial charge in [-0.05, 0) is 6.92 Å². The van der Waals surface area contributed by atoms with Gasteiger partial charge in [-0.1, -0.05) is 29.8 Å². The molecule has 0 atom stereocenters. The average molecular weight is 207 g/mol. The number of benzene rings is 1. The largest absolute Gasteiger partial charge is 0.347 e. The van der Waals surface area contributed by atoms with Gasteiger partial charge in [-0.3, -0.25) is 0 Å². The van der Waals surface area contributed by atoms with E-state index in [0.29, 0.717) is 5.88 Å². The summed E-state index contributed by atoms with van der Waals surface area (Å²) in [5, 5.41) is 0. The first-order chi connectivity index (χ1) is 6.79. The number of aromatic amines is 1. The summed E-state index contributed by atoms with van der Waals surface area (Å²) in [6, 6.07) is 8.27. The van der Waals surface area contributed by atoms with Crippen molar-refractivity contribution >= 4 is 11.6 Å². The molecule has 72 valence electrons. The molecule has 0 saturated carbocycles. The van der Waals surface area contributed by atoms with Crippen molar-refractivity contribution in [2.75, 3.05) is 0 Å².